The quantitative estimate of drug-likeness (QED) is 0.355. The minimum absolute atomic E-state index is 0.102. The molecule has 0 aromatic rings. The maximum Gasteiger partial charge on any atom is 0.193 e. The van der Waals surface area contributed by atoms with Gasteiger partial charge in [0, 0.05) is 10.5 Å². The highest BCUT2D eigenvalue weighted by Gasteiger charge is 2.53. The van der Waals surface area contributed by atoms with Crippen LogP contribution in [0.15, 0.2) is 0 Å². The van der Waals surface area contributed by atoms with E-state index in [1.165, 1.54) is 5.75 Å². The zero-order chi connectivity index (χ0) is 20.9. The van der Waals surface area contributed by atoms with Gasteiger partial charge in [-0.3, -0.25) is 4.79 Å². The van der Waals surface area contributed by atoms with E-state index in [4.69, 9.17) is 8.85 Å². The zero-order valence-electron chi connectivity index (χ0n) is 19.0. The Bertz CT molecular complexity index is 517. The van der Waals surface area contributed by atoms with Crippen molar-refractivity contribution in [1.29, 1.82) is 0 Å². The Labute approximate surface area is 177 Å². The summed E-state index contributed by atoms with van der Waals surface area (Å²) in [7, 11) is -0.0893. The first-order chi connectivity index (χ1) is 12.0. The van der Waals surface area contributed by atoms with Crippen molar-refractivity contribution in [3.63, 3.8) is 0 Å². The molecule has 3 nitrogen and oxygen atoms in total. The summed E-state index contributed by atoms with van der Waals surface area (Å²) in [6.45, 7) is 22.5. The molecule has 27 heavy (non-hydrogen) atoms. The van der Waals surface area contributed by atoms with Crippen molar-refractivity contribution in [2.75, 3.05) is 5.75 Å². The van der Waals surface area contributed by atoms with Crippen LogP contribution in [0.4, 0.5) is 0 Å². The van der Waals surface area contributed by atoms with E-state index in [1.807, 2.05) is 21.6 Å². The predicted octanol–water partition coefficient (Wildman–Crippen LogP) is 6.65. The highest BCUT2D eigenvalue weighted by molar-refractivity contribution is 8.77. The molecule has 0 radical (unpaired) electrons. The van der Waals surface area contributed by atoms with Gasteiger partial charge in [-0.25, -0.2) is 0 Å². The lowest BCUT2D eigenvalue weighted by atomic mass is 9.82. The largest absolute Gasteiger partial charge is 0.407 e. The van der Waals surface area contributed by atoms with Crippen molar-refractivity contribution >= 4 is 44.0 Å². The van der Waals surface area contributed by atoms with Gasteiger partial charge in [-0.1, -0.05) is 63.1 Å². The first-order valence-corrected chi connectivity index (χ1v) is 18.3. The van der Waals surface area contributed by atoms with E-state index >= 15 is 0 Å². The standard InChI is InChI=1S/C20H40O3S2Si2/c1-18(2,3)26(7,8)22-15-13-20(11-12-24-25-20)14-16(17(15)21)23-27(9,10)19(4,5)6/h15-16H,11-14H2,1-10H3/t15-,16-/m1/s1. The lowest BCUT2D eigenvalue weighted by molar-refractivity contribution is -0.138. The first kappa shape index (κ1) is 24.0. The average Bonchev–Trinajstić information content (AvgIpc) is 2.89. The van der Waals surface area contributed by atoms with Crippen LogP contribution in [0.25, 0.3) is 0 Å². The number of rotatable bonds is 4. The molecular formula is C20H40O3S2Si2. The van der Waals surface area contributed by atoms with Crippen LogP contribution >= 0.6 is 21.6 Å². The number of Topliss-reactive ketones (excluding diaryl/α,β-unsaturated/α-hetero) is 1. The van der Waals surface area contributed by atoms with Crippen LogP contribution in [0, 0.1) is 0 Å². The molecule has 0 unspecified atom stereocenters. The second-order valence-corrected chi connectivity index (χ2v) is 23.8. The monoisotopic (exact) mass is 448 g/mol. The molecule has 1 aliphatic heterocycles. The van der Waals surface area contributed by atoms with E-state index in [-0.39, 0.29) is 32.8 Å². The van der Waals surface area contributed by atoms with Crippen molar-refractivity contribution in [3.8, 4) is 0 Å². The van der Waals surface area contributed by atoms with Crippen LogP contribution in [0.5, 0.6) is 0 Å². The molecule has 2 rings (SSSR count). The summed E-state index contributed by atoms with van der Waals surface area (Å²) in [5.74, 6) is 1.37. The van der Waals surface area contributed by atoms with Crippen molar-refractivity contribution in [3.05, 3.63) is 0 Å². The second-order valence-electron chi connectivity index (χ2n) is 11.4. The molecule has 2 fully saturated rings. The fourth-order valence-electron chi connectivity index (χ4n) is 3.14. The van der Waals surface area contributed by atoms with Gasteiger partial charge in [0.05, 0.1) is 0 Å². The Balaban J connectivity index is 2.29. The third-order valence-corrected chi connectivity index (χ3v) is 19.4. The molecule has 2 atom stereocenters. The molecule has 0 bridgehead atoms. The summed E-state index contributed by atoms with van der Waals surface area (Å²) in [5, 5.41) is 0.205. The molecule has 1 aliphatic carbocycles. The summed E-state index contributed by atoms with van der Waals surface area (Å²) in [6.07, 6.45) is 2.26. The van der Waals surface area contributed by atoms with Crippen LogP contribution in [0.1, 0.15) is 60.8 Å². The summed E-state index contributed by atoms with van der Waals surface area (Å²) < 4.78 is 13.5. The van der Waals surface area contributed by atoms with Gasteiger partial charge in [0.25, 0.3) is 0 Å². The van der Waals surface area contributed by atoms with Crippen LogP contribution in [-0.2, 0) is 13.6 Å². The Kier molecular flexibility index (Phi) is 6.90. The van der Waals surface area contributed by atoms with Gasteiger partial charge in [-0.15, -0.1) is 0 Å². The molecule has 7 heteroatoms. The van der Waals surface area contributed by atoms with Gasteiger partial charge in [0.1, 0.15) is 12.2 Å². The molecule has 0 aromatic heterocycles. The molecule has 1 saturated heterocycles. The van der Waals surface area contributed by atoms with Gasteiger partial charge < -0.3 is 8.85 Å². The van der Waals surface area contributed by atoms with Gasteiger partial charge in [0.2, 0.25) is 0 Å². The number of carbonyl (C=O) groups excluding carboxylic acids is 1. The Morgan fingerprint density at radius 3 is 1.59 bits per heavy atom. The Morgan fingerprint density at radius 1 is 0.889 bits per heavy atom. The molecule has 2 aliphatic rings. The molecule has 1 heterocycles. The fraction of sp³-hybridized carbons (Fsp3) is 0.950. The minimum atomic E-state index is -2.01. The smallest absolute Gasteiger partial charge is 0.193 e. The highest BCUT2D eigenvalue weighted by Crippen LogP contribution is 2.55. The minimum Gasteiger partial charge on any atom is -0.407 e. The predicted molar refractivity (Wildman–Crippen MR) is 126 cm³/mol. The SMILES string of the molecule is CC(C)(C)[Si](C)(C)O[C@@H]1CC2(CCSS2)C[C@@H](O[Si](C)(C)C(C)(C)C)C1=O. The second kappa shape index (κ2) is 7.76. The van der Waals surface area contributed by atoms with Gasteiger partial charge in [0.15, 0.2) is 22.4 Å². The van der Waals surface area contributed by atoms with Gasteiger partial charge >= 0.3 is 0 Å². The number of ketones is 1. The van der Waals surface area contributed by atoms with Crippen molar-refractivity contribution < 1.29 is 13.6 Å². The summed E-state index contributed by atoms with van der Waals surface area (Å²) in [4.78, 5) is 13.5. The highest BCUT2D eigenvalue weighted by atomic mass is 33.1. The van der Waals surface area contributed by atoms with Crippen LogP contribution in [-0.4, -0.2) is 45.1 Å². The molecule has 0 N–H and O–H groups in total. The molecular weight excluding hydrogens is 409 g/mol. The molecule has 0 aromatic carbocycles. The summed E-state index contributed by atoms with van der Waals surface area (Å²) in [5.41, 5.74) is 0. The third-order valence-electron chi connectivity index (χ3n) is 7.11. The van der Waals surface area contributed by atoms with Crippen LogP contribution < -0.4 is 0 Å². The van der Waals surface area contributed by atoms with Crippen LogP contribution in [0.3, 0.4) is 0 Å². The van der Waals surface area contributed by atoms with Crippen molar-refractivity contribution in [2.24, 2.45) is 0 Å². The van der Waals surface area contributed by atoms with E-state index in [1.54, 1.807) is 0 Å². The van der Waals surface area contributed by atoms with Gasteiger partial charge in [-0.05, 0) is 55.5 Å². The fourth-order valence-corrected chi connectivity index (χ4v) is 9.14. The van der Waals surface area contributed by atoms with Crippen LogP contribution in [0.2, 0.25) is 36.3 Å². The number of hydrogen-bond donors (Lipinski definition) is 0. The van der Waals surface area contributed by atoms with E-state index in [0.717, 1.165) is 19.3 Å². The lowest BCUT2D eigenvalue weighted by Crippen LogP contribution is -2.57. The maximum absolute atomic E-state index is 13.5. The molecule has 1 spiro atoms. The molecule has 158 valence electrons. The van der Waals surface area contributed by atoms with Crippen molar-refractivity contribution in [1.82, 2.24) is 0 Å². The third kappa shape index (κ3) is 5.26. The number of carbonyl (C=O) groups is 1. The molecule has 0 amide bonds. The molecule has 1 saturated carbocycles. The lowest BCUT2D eigenvalue weighted by Gasteiger charge is -2.47. The zero-order valence-corrected chi connectivity index (χ0v) is 22.7. The van der Waals surface area contributed by atoms with E-state index in [9.17, 15) is 4.79 Å². The van der Waals surface area contributed by atoms with Crippen molar-refractivity contribution in [2.45, 2.75) is 114 Å². The first-order valence-electron chi connectivity index (χ1n) is 10.2. The Morgan fingerprint density at radius 2 is 1.30 bits per heavy atom. The maximum atomic E-state index is 13.5. The Hall–Kier alpha value is 0.724. The van der Waals surface area contributed by atoms with Gasteiger partial charge in [-0.2, -0.15) is 0 Å². The summed E-state index contributed by atoms with van der Waals surface area (Å²) >= 11 is 0. The van der Waals surface area contributed by atoms with E-state index < -0.39 is 16.6 Å². The van der Waals surface area contributed by atoms with E-state index in [0.29, 0.717) is 0 Å². The topological polar surface area (TPSA) is 35.5 Å². The normalized spacial score (nSPS) is 31.0. The average molecular weight is 449 g/mol. The summed E-state index contributed by atoms with van der Waals surface area (Å²) in [6, 6.07) is 0. The number of hydrogen-bond acceptors (Lipinski definition) is 5. The van der Waals surface area contributed by atoms with E-state index in [2.05, 4.69) is 67.7 Å².